The van der Waals surface area contributed by atoms with Gasteiger partial charge in [-0.2, -0.15) is 0 Å². The summed E-state index contributed by atoms with van der Waals surface area (Å²) in [6, 6.07) is -1.16. The van der Waals surface area contributed by atoms with Crippen LogP contribution in [0.2, 0.25) is 0 Å². The Bertz CT molecular complexity index is 625. The van der Waals surface area contributed by atoms with Crippen LogP contribution in [0, 0.1) is 0 Å². The van der Waals surface area contributed by atoms with Gasteiger partial charge in [0.25, 0.3) is 5.91 Å². The number of fused-ring (bicyclic) bond motifs is 3. The Balaban J connectivity index is 2.02. The summed E-state index contributed by atoms with van der Waals surface area (Å²) in [4.78, 5) is 43.8. The number of allylic oxidation sites excluding steroid dienone is 2. The third kappa shape index (κ3) is 1.70. The molecule has 0 radical (unpaired) electrons. The molecule has 3 heterocycles. The van der Waals surface area contributed by atoms with Crippen LogP contribution in [0.4, 0.5) is 4.79 Å². The van der Waals surface area contributed by atoms with Gasteiger partial charge in [-0.25, -0.2) is 9.79 Å². The van der Waals surface area contributed by atoms with Crippen molar-refractivity contribution in [2.24, 2.45) is 4.99 Å². The fourth-order valence-corrected chi connectivity index (χ4v) is 2.85. The van der Waals surface area contributed by atoms with Gasteiger partial charge in [0, 0.05) is 18.4 Å². The van der Waals surface area contributed by atoms with Gasteiger partial charge in [0.1, 0.15) is 6.54 Å². The van der Waals surface area contributed by atoms with Crippen molar-refractivity contribution < 1.29 is 19.5 Å². The molecule has 0 aromatic carbocycles. The van der Waals surface area contributed by atoms with Crippen LogP contribution >= 0.6 is 0 Å². The standard InChI is InChI=1S/C12H15N5O4/c1-5-6(2)17-8-9(15(3)12(21)14-10(8)20)13-11(17)16(5)4-7(18)19/h8-9H,4H2,1-3H3,(H,18,19)(H,14,20,21). The summed E-state index contributed by atoms with van der Waals surface area (Å²) < 4.78 is 0. The molecule has 3 amide bonds. The lowest BCUT2D eigenvalue weighted by atomic mass is 10.1. The number of rotatable bonds is 2. The summed E-state index contributed by atoms with van der Waals surface area (Å²) in [5, 5.41) is 11.3. The molecule has 3 aliphatic heterocycles. The van der Waals surface area contributed by atoms with E-state index in [-0.39, 0.29) is 6.54 Å². The minimum absolute atomic E-state index is 0.239. The smallest absolute Gasteiger partial charge is 0.325 e. The van der Waals surface area contributed by atoms with E-state index in [1.165, 1.54) is 4.90 Å². The Hall–Kier alpha value is -2.58. The summed E-state index contributed by atoms with van der Waals surface area (Å²) in [5.74, 6) is -1.01. The van der Waals surface area contributed by atoms with Gasteiger partial charge in [-0.3, -0.25) is 19.8 Å². The summed E-state index contributed by atoms with van der Waals surface area (Å²) in [6.45, 7) is 3.35. The third-order valence-corrected chi connectivity index (χ3v) is 4.06. The number of carboxylic acid groups (broad SMARTS) is 1. The topological polar surface area (TPSA) is 106 Å². The molecule has 0 aromatic heterocycles. The molecule has 2 unspecified atom stereocenters. The van der Waals surface area contributed by atoms with Gasteiger partial charge >= 0.3 is 12.0 Å². The van der Waals surface area contributed by atoms with Crippen molar-refractivity contribution in [2.45, 2.75) is 26.1 Å². The molecule has 1 fully saturated rings. The lowest BCUT2D eigenvalue weighted by Gasteiger charge is -2.35. The lowest BCUT2D eigenvalue weighted by Crippen LogP contribution is -2.63. The van der Waals surface area contributed by atoms with Crippen LogP contribution in [0.1, 0.15) is 13.8 Å². The average molecular weight is 293 g/mol. The molecule has 2 atom stereocenters. The second kappa shape index (κ2) is 4.21. The van der Waals surface area contributed by atoms with Gasteiger partial charge in [-0.05, 0) is 13.8 Å². The molecule has 3 rings (SSSR count). The number of carboxylic acids is 1. The van der Waals surface area contributed by atoms with Gasteiger partial charge in [0.15, 0.2) is 12.2 Å². The number of amides is 3. The lowest BCUT2D eigenvalue weighted by molar-refractivity contribution is -0.137. The first-order valence-electron chi connectivity index (χ1n) is 6.44. The Morgan fingerprint density at radius 1 is 1.33 bits per heavy atom. The van der Waals surface area contributed by atoms with Crippen LogP contribution < -0.4 is 5.32 Å². The number of aliphatic imine (C=N–C) groups is 1. The fourth-order valence-electron chi connectivity index (χ4n) is 2.85. The number of carbonyl (C=O) groups is 3. The van der Waals surface area contributed by atoms with E-state index in [9.17, 15) is 14.4 Å². The van der Waals surface area contributed by atoms with E-state index in [1.54, 1.807) is 30.7 Å². The Labute approximate surface area is 120 Å². The van der Waals surface area contributed by atoms with Gasteiger partial charge < -0.3 is 14.9 Å². The summed E-state index contributed by atoms with van der Waals surface area (Å²) in [6.07, 6.45) is -0.638. The number of carbonyl (C=O) groups excluding carboxylic acids is 2. The summed E-state index contributed by atoms with van der Waals surface area (Å²) >= 11 is 0. The van der Waals surface area contributed by atoms with Gasteiger partial charge in [-0.15, -0.1) is 0 Å². The number of urea groups is 1. The first kappa shape index (κ1) is 13.4. The molecule has 0 saturated carbocycles. The van der Waals surface area contributed by atoms with Gasteiger partial charge in [0.2, 0.25) is 5.96 Å². The predicted octanol–water partition coefficient (Wildman–Crippen LogP) is -0.814. The van der Waals surface area contributed by atoms with Crippen LogP contribution in [0.5, 0.6) is 0 Å². The molecule has 2 N–H and O–H groups in total. The van der Waals surface area contributed by atoms with Gasteiger partial charge in [0.05, 0.1) is 0 Å². The molecule has 0 aromatic rings. The fraction of sp³-hybridized carbons (Fsp3) is 0.500. The maximum atomic E-state index is 12.1. The quantitative estimate of drug-likeness (QED) is 0.689. The van der Waals surface area contributed by atoms with Crippen molar-refractivity contribution in [1.82, 2.24) is 20.0 Å². The number of aliphatic carboxylic acids is 1. The minimum atomic E-state index is -0.990. The zero-order valence-electron chi connectivity index (χ0n) is 11.8. The number of hydrogen-bond acceptors (Lipinski definition) is 6. The van der Waals surface area contributed by atoms with Crippen molar-refractivity contribution in [3.63, 3.8) is 0 Å². The molecule has 3 aliphatic rings. The van der Waals surface area contributed by atoms with E-state index >= 15 is 0 Å². The van der Waals surface area contributed by atoms with Crippen LogP contribution in [0.3, 0.4) is 0 Å². The molecule has 21 heavy (non-hydrogen) atoms. The van der Waals surface area contributed by atoms with Crippen molar-refractivity contribution in [3.8, 4) is 0 Å². The molecule has 0 spiro atoms. The predicted molar refractivity (Wildman–Crippen MR) is 70.9 cm³/mol. The number of nitrogens with one attached hydrogen (secondary N) is 1. The SMILES string of the molecule is CC1=C(C)N2C(=NC3C2C(=O)NC(=O)N3C)N1CC(=O)O. The van der Waals surface area contributed by atoms with E-state index < -0.39 is 30.1 Å². The molecule has 9 heteroatoms. The highest BCUT2D eigenvalue weighted by atomic mass is 16.4. The largest absolute Gasteiger partial charge is 0.480 e. The molecular formula is C12H15N5O4. The average Bonchev–Trinajstić information content (AvgIpc) is 2.89. The molecule has 1 saturated heterocycles. The van der Waals surface area contributed by atoms with E-state index in [4.69, 9.17) is 5.11 Å². The molecular weight excluding hydrogens is 278 g/mol. The second-order valence-corrected chi connectivity index (χ2v) is 5.21. The maximum absolute atomic E-state index is 12.1. The van der Waals surface area contributed by atoms with Gasteiger partial charge in [-0.1, -0.05) is 0 Å². The Morgan fingerprint density at radius 3 is 2.62 bits per heavy atom. The van der Waals surface area contributed by atoms with Crippen LogP contribution in [0.25, 0.3) is 0 Å². The highest BCUT2D eigenvalue weighted by Crippen LogP contribution is 2.35. The normalized spacial score (nSPS) is 27.8. The highest BCUT2D eigenvalue weighted by molar-refractivity contribution is 6.05. The van der Waals surface area contributed by atoms with E-state index in [0.717, 1.165) is 11.4 Å². The molecule has 112 valence electrons. The number of hydrogen-bond donors (Lipinski definition) is 2. The third-order valence-electron chi connectivity index (χ3n) is 4.06. The summed E-state index contributed by atoms with van der Waals surface area (Å²) in [7, 11) is 1.55. The zero-order valence-corrected chi connectivity index (χ0v) is 11.8. The Kier molecular flexibility index (Phi) is 2.68. The van der Waals surface area contributed by atoms with E-state index in [0.29, 0.717) is 5.96 Å². The van der Waals surface area contributed by atoms with Crippen LogP contribution in [-0.4, -0.2) is 69.5 Å². The van der Waals surface area contributed by atoms with Crippen molar-refractivity contribution in [1.29, 1.82) is 0 Å². The van der Waals surface area contributed by atoms with Crippen LogP contribution in [-0.2, 0) is 9.59 Å². The minimum Gasteiger partial charge on any atom is -0.480 e. The number of imide groups is 1. The van der Waals surface area contributed by atoms with Crippen molar-refractivity contribution in [2.75, 3.05) is 13.6 Å². The van der Waals surface area contributed by atoms with Crippen molar-refractivity contribution in [3.05, 3.63) is 11.4 Å². The molecule has 9 nitrogen and oxygen atoms in total. The number of guanidine groups is 1. The molecule has 0 bridgehead atoms. The number of nitrogens with zero attached hydrogens (tertiary/aromatic N) is 4. The maximum Gasteiger partial charge on any atom is 0.325 e. The van der Waals surface area contributed by atoms with Crippen molar-refractivity contribution >= 4 is 23.9 Å². The summed E-state index contributed by atoms with van der Waals surface area (Å²) in [5.41, 5.74) is 1.50. The highest BCUT2D eigenvalue weighted by Gasteiger charge is 2.53. The van der Waals surface area contributed by atoms with E-state index in [2.05, 4.69) is 10.3 Å². The Morgan fingerprint density at radius 2 is 2.00 bits per heavy atom. The molecule has 0 aliphatic carbocycles. The monoisotopic (exact) mass is 293 g/mol. The van der Waals surface area contributed by atoms with Crippen LogP contribution in [0.15, 0.2) is 16.4 Å². The second-order valence-electron chi connectivity index (χ2n) is 5.21. The zero-order chi connectivity index (χ0) is 15.5. The first-order valence-corrected chi connectivity index (χ1v) is 6.44. The number of likely N-dealkylation sites (N-methyl/N-ethyl adjacent to an activating group) is 1. The first-order chi connectivity index (χ1) is 9.82. The van der Waals surface area contributed by atoms with E-state index in [1.807, 2.05) is 0 Å².